The third-order valence-corrected chi connectivity index (χ3v) is 3.69. The average molecular weight is 202 g/mol. The van der Waals surface area contributed by atoms with Crippen molar-refractivity contribution in [2.75, 3.05) is 6.73 Å². The molecule has 0 aromatic rings. The van der Waals surface area contributed by atoms with E-state index in [9.17, 15) is 9.36 Å². The molecule has 0 bridgehead atoms. The number of carbonyl (C=O) groups excluding carboxylic acids is 1. The highest BCUT2D eigenvalue weighted by molar-refractivity contribution is 8.45. The van der Waals surface area contributed by atoms with Crippen molar-refractivity contribution in [3.8, 4) is 0 Å². The molecule has 7 nitrogen and oxygen atoms in total. The third kappa shape index (κ3) is 4.23. The molecular weight excluding hydrogens is 195 g/mol. The molecule has 0 aromatic heterocycles. The molecule has 0 saturated heterocycles. The Balaban J connectivity index is 4.48. The minimum absolute atomic E-state index is 0.112. The minimum Gasteiger partial charge on any atom is -0.374 e. The highest BCUT2D eigenvalue weighted by Crippen LogP contribution is 2.39. The number of carbonyl (C=O) groups is 1. The highest BCUT2D eigenvalue weighted by Gasteiger charge is 2.20. The molecule has 0 fully saturated rings. The van der Waals surface area contributed by atoms with Crippen LogP contribution in [0.1, 0.15) is 0 Å². The molecule has 0 aliphatic heterocycles. The van der Waals surface area contributed by atoms with Gasteiger partial charge < -0.3 is 14.9 Å². The van der Waals surface area contributed by atoms with Crippen molar-refractivity contribution in [1.82, 2.24) is 4.72 Å². The normalized spacial score (nSPS) is 14.5. The van der Waals surface area contributed by atoms with Gasteiger partial charge in [0, 0.05) is 0 Å². The molecule has 11 heavy (non-hydrogen) atoms. The van der Waals surface area contributed by atoms with E-state index in [1.807, 2.05) is 0 Å². The summed E-state index contributed by atoms with van der Waals surface area (Å²) in [6.07, 6.45) is 0.112. The number of nitrogens with zero attached hydrogens (tertiary/aromatic N) is 1. The van der Waals surface area contributed by atoms with Crippen LogP contribution in [0.4, 0.5) is 0 Å². The van der Waals surface area contributed by atoms with E-state index in [4.69, 9.17) is 14.9 Å². The number of aliphatic hydroxyl groups is 1. The second kappa shape index (κ2) is 4.58. The van der Waals surface area contributed by atoms with Gasteiger partial charge in [-0.1, -0.05) is 0 Å². The van der Waals surface area contributed by atoms with Gasteiger partial charge in [-0.3, -0.25) is 9.52 Å². The first-order valence-corrected chi connectivity index (χ1v) is 5.71. The first-order valence-electron chi connectivity index (χ1n) is 2.31. The zero-order valence-electron chi connectivity index (χ0n) is 5.25. The molecule has 0 rings (SSSR count). The maximum Gasteiger partial charge on any atom is 0.413 e. The molecule has 1 atom stereocenters. The van der Waals surface area contributed by atoms with Crippen LogP contribution in [0.3, 0.4) is 0 Å². The monoisotopic (exact) mass is 202 g/mol. The average Bonchev–Trinajstić information content (AvgIpc) is 1.85. The van der Waals surface area contributed by atoms with Crippen molar-refractivity contribution in [1.29, 1.82) is 0 Å². The Morgan fingerprint density at radius 3 is 2.45 bits per heavy atom. The van der Waals surface area contributed by atoms with E-state index in [1.54, 1.807) is 4.72 Å². The van der Waals surface area contributed by atoms with E-state index in [0.29, 0.717) is 0 Å². The van der Waals surface area contributed by atoms with Crippen LogP contribution < -0.4 is 4.72 Å². The number of rotatable bonds is 4. The minimum atomic E-state index is -4.45. The van der Waals surface area contributed by atoms with Gasteiger partial charge in [-0.25, -0.2) is 8.93 Å². The summed E-state index contributed by atoms with van der Waals surface area (Å²) in [5.74, 6) is 0. The van der Waals surface area contributed by atoms with Crippen LogP contribution in [-0.2, 0) is 19.9 Å². The van der Waals surface area contributed by atoms with Gasteiger partial charge in [-0.05, 0) is 0 Å². The summed E-state index contributed by atoms with van der Waals surface area (Å²) in [5.41, 5.74) is 0. The summed E-state index contributed by atoms with van der Waals surface area (Å²) in [6.45, 7) is -5.19. The van der Waals surface area contributed by atoms with Crippen molar-refractivity contribution in [3.63, 3.8) is 0 Å². The van der Waals surface area contributed by atoms with Crippen LogP contribution in [0.5, 0.6) is 0 Å². The van der Waals surface area contributed by atoms with Crippen LogP contribution >= 0.6 is 6.80 Å². The van der Waals surface area contributed by atoms with E-state index in [0.717, 1.165) is 0 Å². The van der Waals surface area contributed by atoms with E-state index >= 15 is 0 Å². The van der Waals surface area contributed by atoms with Crippen molar-refractivity contribution < 1.29 is 24.3 Å². The van der Waals surface area contributed by atoms with Gasteiger partial charge in [-0.15, -0.1) is 0 Å². The van der Waals surface area contributed by atoms with Crippen molar-refractivity contribution in [2.45, 2.75) is 0 Å². The molecule has 0 aliphatic rings. The first kappa shape index (κ1) is 10.7. The Labute approximate surface area is 64.6 Å². The second-order valence-corrected chi connectivity index (χ2v) is 5.73. The van der Waals surface area contributed by atoms with Gasteiger partial charge in [0.05, 0.1) is 0 Å². The first-order chi connectivity index (χ1) is 5.02. The van der Waals surface area contributed by atoms with Crippen LogP contribution in [-0.4, -0.2) is 28.0 Å². The summed E-state index contributed by atoms with van der Waals surface area (Å²) in [4.78, 5) is 26.6. The molecule has 4 N–H and O–H groups in total. The molecule has 66 valence electrons. The van der Waals surface area contributed by atoms with Gasteiger partial charge in [-0.2, -0.15) is 0 Å². The standard InChI is InChI=1S/C2H7N2O5PS/c5-1-3-11(4-2-6)10(7,8)9/h1,6H,2H2,(H,3,4,5)(H2,7,8,9). The van der Waals surface area contributed by atoms with E-state index in [-0.39, 0.29) is 6.41 Å². The summed E-state index contributed by atoms with van der Waals surface area (Å²) in [7, 11) is -1.92. The maximum absolute atomic E-state index is 10.4. The quantitative estimate of drug-likeness (QED) is 0.326. The number of aliphatic hydroxyl groups excluding tert-OH is 1. The fraction of sp³-hybridized carbons (Fsp3) is 0.500. The van der Waals surface area contributed by atoms with Gasteiger partial charge in [0.25, 0.3) is 0 Å². The predicted octanol–water partition coefficient (Wildman–Crippen LogP) is -1.51. The number of amides is 1. The van der Waals surface area contributed by atoms with Crippen molar-refractivity contribution in [3.05, 3.63) is 0 Å². The Morgan fingerprint density at radius 2 is 2.18 bits per heavy atom. The Bertz CT molecular complexity index is 211. The molecular formula is C2H7N2O5PS. The van der Waals surface area contributed by atoms with Crippen molar-refractivity contribution in [2.24, 2.45) is 4.36 Å². The number of nitrogens with one attached hydrogen (secondary N) is 1. The van der Waals surface area contributed by atoms with E-state index in [2.05, 4.69) is 4.36 Å². The molecule has 0 aliphatic carbocycles. The van der Waals surface area contributed by atoms with Crippen LogP contribution in [0, 0.1) is 0 Å². The molecule has 1 amide bonds. The molecule has 0 heterocycles. The number of hydrogen-bond donors (Lipinski definition) is 4. The number of hydrogen-bond acceptors (Lipinski definition) is 4. The fourth-order valence-electron chi connectivity index (χ4n) is 0.279. The van der Waals surface area contributed by atoms with Gasteiger partial charge >= 0.3 is 6.80 Å². The topological polar surface area (TPSA) is 119 Å². The molecule has 0 aromatic carbocycles. The lowest BCUT2D eigenvalue weighted by Crippen LogP contribution is -2.14. The van der Waals surface area contributed by atoms with E-state index < -0.39 is 24.0 Å². The van der Waals surface area contributed by atoms with Crippen LogP contribution in [0.15, 0.2) is 4.36 Å². The van der Waals surface area contributed by atoms with Crippen molar-refractivity contribution >= 4 is 23.7 Å². The van der Waals surface area contributed by atoms with Gasteiger partial charge in [0.15, 0.2) is 0 Å². The lowest BCUT2D eigenvalue weighted by Gasteiger charge is -2.05. The van der Waals surface area contributed by atoms with Gasteiger partial charge in [0.2, 0.25) is 6.41 Å². The van der Waals surface area contributed by atoms with Crippen LogP contribution in [0.25, 0.3) is 0 Å². The molecule has 1 unspecified atom stereocenters. The Morgan fingerprint density at radius 1 is 1.64 bits per heavy atom. The molecule has 0 saturated carbocycles. The predicted molar refractivity (Wildman–Crippen MR) is 38.1 cm³/mol. The summed E-state index contributed by atoms with van der Waals surface area (Å²) in [6, 6.07) is 0. The largest absolute Gasteiger partial charge is 0.413 e. The summed E-state index contributed by atoms with van der Waals surface area (Å²) < 4.78 is 15.2. The highest BCUT2D eigenvalue weighted by atomic mass is 32.8. The lowest BCUT2D eigenvalue weighted by atomic mass is 11.4. The zero-order valence-corrected chi connectivity index (χ0v) is 6.96. The third-order valence-electron chi connectivity index (χ3n) is 0.559. The fourth-order valence-corrected chi connectivity index (χ4v) is 1.98. The summed E-state index contributed by atoms with van der Waals surface area (Å²) in [5, 5.41) is 8.17. The molecule has 0 spiro atoms. The zero-order chi connectivity index (χ0) is 8.91. The lowest BCUT2D eigenvalue weighted by molar-refractivity contribution is -0.107. The molecule has 9 heteroatoms. The Hall–Kier alpha value is -0.270. The Kier molecular flexibility index (Phi) is 4.46. The SMILES string of the molecule is O=CNS(=NCO)P(=O)(O)O. The second-order valence-electron chi connectivity index (χ2n) is 1.26. The van der Waals surface area contributed by atoms with Crippen LogP contribution in [0.2, 0.25) is 0 Å². The van der Waals surface area contributed by atoms with E-state index in [1.165, 1.54) is 0 Å². The maximum atomic E-state index is 10.4. The summed E-state index contributed by atoms with van der Waals surface area (Å²) >= 11 is 0. The van der Waals surface area contributed by atoms with Gasteiger partial charge in [0.1, 0.15) is 17.2 Å². The molecule has 0 radical (unpaired) electrons. The smallest absolute Gasteiger partial charge is 0.374 e.